The van der Waals surface area contributed by atoms with Crippen LogP contribution < -0.4 is 5.32 Å². The van der Waals surface area contributed by atoms with Crippen LogP contribution in [0.1, 0.15) is 10.4 Å². The van der Waals surface area contributed by atoms with E-state index in [-0.39, 0.29) is 12.5 Å². The van der Waals surface area contributed by atoms with Crippen LogP contribution in [0.3, 0.4) is 0 Å². The second-order valence-corrected chi connectivity index (χ2v) is 5.62. The highest BCUT2D eigenvalue weighted by Crippen LogP contribution is 2.22. The zero-order chi connectivity index (χ0) is 16.4. The summed E-state index contributed by atoms with van der Waals surface area (Å²) in [7, 11) is 0. The molecular weight excluding hydrogens is 320 g/mol. The molecule has 0 spiro atoms. The van der Waals surface area contributed by atoms with Gasteiger partial charge in [0.15, 0.2) is 0 Å². The summed E-state index contributed by atoms with van der Waals surface area (Å²) >= 11 is 6.16. The number of aromatic nitrogens is 2. The fourth-order valence-corrected chi connectivity index (χ4v) is 2.71. The SMILES string of the molecule is O=C(O)[C@H]1CN(C(=O)c2cc(-n3cccn3)ccc2Cl)CCN1. The van der Waals surface area contributed by atoms with Crippen LogP contribution in [0.15, 0.2) is 36.7 Å². The molecule has 0 saturated carbocycles. The van der Waals surface area contributed by atoms with E-state index in [0.717, 1.165) is 0 Å². The van der Waals surface area contributed by atoms with Crippen LogP contribution >= 0.6 is 11.6 Å². The summed E-state index contributed by atoms with van der Waals surface area (Å²) < 4.78 is 1.63. The number of carbonyl (C=O) groups is 2. The number of hydrogen-bond donors (Lipinski definition) is 2. The van der Waals surface area contributed by atoms with E-state index in [1.807, 2.05) is 0 Å². The zero-order valence-electron chi connectivity index (χ0n) is 12.1. The Hall–Kier alpha value is -2.38. The Morgan fingerprint density at radius 3 is 2.91 bits per heavy atom. The van der Waals surface area contributed by atoms with E-state index in [2.05, 4.69) is 10.4 Å². The summed E-state index contributed by atoms with van der Waals surface area (Å²) in [6.45, 7) is 0.973. The highest BCUT2D eigenvalue weighted by molar-refractivity contribution is 6.33. The molecule has 1 saturated heterocycles. The number of amides is 1. The van der Waals surface area contributed by atoms with Crippen LogP contribution in [0, 0.1) is 0 Å². The van der Waals surface area contributed by atoms with Crippen LogP contribution in [0.25, 0.3) is 5.69 Å². The van der Waals surface area contributed by atoms with Gasteiger partial charge in [-0.3, -0.25) is 9.59 Å². The Morgan fingerprint density at radius 2 is 2.22 bits per heavy atom. The van der Waals surface area contributed by atoms with Gasteiger partial charge in [0.05, 0.1) is 16.3 Å². The molecule has 1 aromatic carbocycles. The number of hydrogen-bond acceptors (Lipinski definition) is 4. The second-order valence-electron chi connectivity index (χ2n) is 5.21. The van der Waals surface area contributed by atoms with Crippen LogP contribution in [0.2, 0.25) is 5.02 Å². The smallest absolute Gasteiger partial charge is 0.322 e. The van der Waals surface area contributed by atoms with Crippen LogP contribution in [0.4, 0.5) is 0 Å². The predicted molar refractivity (Wildman–Crippen MR) is 83.9 cm³/mol. The molecule has 1 fully saturated rings. The molecule has 0 unspecified atom stereocenters. The topological polar surface area (TPSA) is 87.5 Å². The van der Waals surface area contributed by atoms with Gasteiger partial charge in [-0.15, -0.1) is 0 Å². The minimum absolute atomic E-state index is 0.108. The van der Waals surface area contributed by atoms with Crippen LogP contribution in [-0.2, 0) is 4.79 Å². The molecule has 120 valence electrons. The molecule has 0 bridgehead atoms. The molecule has 3 rings (SSSR count). The van der Waals surface area contributed by atoms with Gasteiger partial charge in [-0.2, -0.15) is 5.10 Å². The largest absolute Gasteiger partial charge is 0.480 e. The highest BCUT2D eigenvalue weighted by Gasteiger charge is 2.29. The first-order valence-corrected chi connectivity index (χ1v) is 7.49. The van der Waals surface area contributed by atoms with Crippen molar-refractivity contribution >= 4 is 23.5 Å². The summed E-state index contributed by atoms with van der Waals surface area (Å²) in [5.74, 6) is -1.25. The average molecular weight is 335 g/mol. The van der Waals surface area contributed by atoms with E-state index in [0.29, 0.717) is 29.4 Å². The monoisotopic (exact) mass is 334 g/mol. The van der Waals surface area contributed by atoms with Gasteiger partial charge in [-0.05, 0) is 24.3 Å². The molecule has 0 aliphatic carbocycles. The Kier molecular flexibility index (Phi) is 4.31. The Morgan fingerprint density at radius 1 is 1.39 bits per heavy atom. The molecule has 1 atom stereocenters. The normalized spacial score (nSPS) is 18.0. The van der Waals surface area contributed by atoms with Crippen molar-refractivity contribution in [3.8, 4) is 5.69 Å². The number of rotatable bonds is 3. The highest BCUT2D eigenvalue weighted by atomic mass is 35.5. The number of halogens is 1. The van der Waals surface area contributed by atoms with E-state index in [4.69, 9.17) is 16.7 Å². The summed E-state index contributed by atoms with van der Waals surface area (Å²) in [4.78, 5) is 25.3. The maximum absolute atomic E-state index is 12.7. The lowest BCUT2D eigenvalue weighted by molar-refractivity contribution is -0.140. The summed E-state index contributed by atoms with van der Waals surface area (Å²) in [5.41, 5.74) is 1.05. The third kappa shape index (κ3) is 3.20. The molecule has 7 nitrogen and oxygen atoms in total. The lowest BCUT2D eigenvalue weighted by atomic mass is 10.1. The first-order chi connectivity index (χ1) is 11.1. The van der Waals surface area contributed by atoms with E-state index in [1.54, 1.807) is 41.3 Å². The molecular formula is C15H15ClN4O3. The molecule has 23 heavy (non-hydrogen) atoms. The minimum Gasteiger partial charge on any atom is -0.480 e. The van der Waals surface area contributed by atoms with Gasteiger partial charge in [-0.25, -0.2) is 4.68 Å². The van der Waals surface area contributed by atoms with E-state index in [1.165, 1.54) is 4.90 Å². The fraction of sp³-hybridized carbons (Fsp3) is 0.267. The molecule has 8 heteroatoms. The van der Waals surface area contributed by atoms with Gasteiger partial charge < -0.3 is 15.3 Å². The van der Waals surface area contributed by atoms with E-state index in [9.17, 15) is 9.59 Å². The summed E-state index contributed by atoms with van der Waals surface area (Å²) in [6, 6.07) is 6.09. The second kappa shape index (κ2) is 6.39. The third-order valence-electron chi connectivity index (χ3n) is 3.71. The van der Waals surface area contributed by atoms with Crippen molar-refractivity contribution in [2.45, 2.75) is 6.04 Å². The van der Waals surface area contributed by atoms with Crippen molar-refractivity contribution in [2.75, 3.05) is 19.6 Å². The maximum Gasteiger partial charge on any atom is 0.322 e. The Balaban J connectivity index is 1.87. The summed E-state index contributed by atoms with van der Waals surface area (Å²) in [6.07, 6.45) is 3.41. The Labute approximate surface area is 137 Å². The van der Waals surface area contributed by atoms with Crippen molar-refractivity contribution < 1.29 is 14.7 Å². The zero-order valence-corrected chi connectivity index (χ0v) is 12.9. The Bertz CT molecular complexity index is 732. The number of benzene rings is 1. The van der Waals surface area contributed by atoms with Gasteiger partial charge in [0.1, 0.15) is 6.04 Å². The minimum atomic E-state index is -0.973. The first-order valence-electron chi connectivity index (χ1n) is 7.11. The number of carboxylic acid groups (broad SMARTS) is 1. The molecule has 2 aromatic rings. The standard InChI is InChI=1S/C15H15ClN4O3/c16-12-3-2-10(20-6-1-4-18-20)8-11(12)14(21)19-7-5-17-13(9-19)15(22)23/h1-4,6,8,13,17H,5,7,9H2,(H,22,23)/t13-/m1/s1. The average Bonchev–Trinajstić information content (AvgIpc) is 3.09. The molecule has 1 aromatic heterocycles. The third-order valence-corrected chi connectivity index (χ3v) is 4.04. The van der Waals surface area contributed by atoms with Gasteiger partial charge in [0.2, 0.25) is 0 Å². The molecule has 1 aliphatic rings. The van der Waals surface area contributed by atoms with Crippen molar-refractivity contribution in [2.24, 2.45) is 0 Å². The maximum atomic E-state index is 12.7. The van der Waals surface area contributed by atoms with Crippen LogP contribution in [-0.4, -0.2) is 57.3 Å². The lowest BCUT2D eigenvalue weighted by Gasteiger charge is -2.31. The van der Waals surface area contributed by atoms with Gasteiger partial charge >= 0.3 is 5.97 Å². The van der Waals surface area contributed by atoms with E-state index < -0.39 is 12.0 Å². The molecule has 2 N–H and O–H groups in total. The number of aliphatic carboxylic acids is 1. The predicted octanol–water partition coefficient (Wildman–Crippen LogP) is 1.02. The lowest BCUT2D eigenvalue weighted by Crippen LogP contribution is -2.55. The van der Waals surface area contributed by atoms with Gasteiger partial charge in [-0.1, -0.05) is 11.6 Å². The van der Waals surface area contributed by atoms with Crippen molar-refractivity contribution in [3.05, 3.63) is 47.2 Å². The van der Waals surface area contributed by atoms with Crippen molar-refractivity contribution in [3.63, 3.8) is 0 Å². The molecule has 2 heterocycles. The summed E-state index contributed by atoms with van der Waals surface area (Å²) in [5, 5.41) is 16.4. The number of carbonyl (C=O) groups excluding carboxylic acids is 1. The van der Waals surface area contributed by atoms with Crippen molar-refractivity contribution in [1.29, 1.82) is 0 Å². The fourth-order valence-electron chi connectivity index (χ4n) is 2.51. The van der Waals surface area contributed by atoms with Crippen molar-refractivity contribution in [1.82, 2.24) is 20.0 Å². The van der Waals surface area contributed by atoms with Gasteiger partial charge in [0.25, 0.3) is 5.91 Å². The van der Waals surface area contributed by atoms with Crippen LogP contribution in [0.5, 0.6) is 0 Å². The van der Waals surface area contributed by atoms with E-state index >= 15 is 0 Å². The quantitative estimate of drug-likeness (QED) is 0.875. The van der Waals surface area contributed by atoms with Gasteiger partial charge in [0, 0.05) is 32.0 Å². The first kappa shape index (κ1) is 15.5. The molecule has 0 radical (unpaired) electrons. The number of carboxylic acids is 1. The molecule has 1 aliphatic heterocycles. The number of nitrogens with one attached hydrogen (secondary N) is 1. The number of nitrogens with zero attached hydrogens (tertiary/aromatic N) is 3. The number of piperazine rings is 1. The molecule has 1 amide bonds.